The molecule has 1 aliphatic heterocycles. The van der Waals surface area contributed by atoms with Crippen LogP contribution in [0.25, 0.3) is 0 Å². The minimum Gasteiger partial charge on any atom is -0.464 e. The zero-order valence-electron chi connectivity index (χ0n) is 12.9. The van der Waals surface area contributed by atoms with Gasteiger partial charge in [0.05, 0.1) is 19.0 Å². The van der Waals surface area contributed by atoms with Crippen molar-refractivity contribution in [2.75, 3.05) is 40.1 Å². The van der Waals surface area contributed by atoms with E-state index in [1.807, 2.05) is 32.9 Å². The molecule has 1 aliphatic rings. The molecule has 21 heavy (non-hydrogen) atoms. The summed E-state index contributed by atoms with van der Waals surface area (Å²) in [5.41, 5.74) is 3.21. The van der Waals surface area contributed by atoms with Gasteiger partial charge in [0.2, 0.25) is 0 Å². The second-order valence-corrected chi connectivity index (χ2v) is 6.19. The zero-order valence-corrected chi connectivity index (χ0v) is 13.7. The molecule has 0 aromatic carbocycles. The van der Waals surface area contributed by atoms with Crippen LogP contribution in [-0.4, -0.2) is 56.5 Å². The molecule has 0 radical (unpaired) electrons. The fraction of sp³-hybridized carbons (Fsp3) is 0.692. The van der Waals surface area contributed by atoms with Gasteiger partial charge in [-0.15, -0.1) is 5.17 Å². The summed E-state index contributed by atoms with van der Waals surface area (Å²) in [6.45, 7) is 2.37. The predicted molar refractivity (Wildman–Crippen MR) is 84.0 cm³/mol. The van der Waals surface area contributed by atoms with Crippen molar-refractivity contribution < 1.29 is 9.25 Å². The van der Waals surface area contributed by atoms with Crippen molar-refractivity contribution in [2.45, 2.75) is 18.6 Å². The van der Waals surface area contributed by atoms with Gasteiger partial charge in [-0.1, -0.05) is 0 Å². The van der Waals surface area contributed by atoms with E-state index in [9.17, 15) is 0 Å². The van der Waals surface area contributed by atoms with Crippen molar-refractivity contribution >= 4 is 11.8 Å². The summed E-state index contributed by atoms with van der Waals surface area (Å²) in [5.74, 6) is 3.94. The summed E-state index contributed by atoms with van der Waals surface area (Å²) in [5, 5.41) is 7.85. The number of hydrogen-bond acceptors (Lipinski definition) is 8. The van der Waals surface area contributed by atoms with E-state index in [1.165, 1.54) is 0 Å². The Morgan fingerprint density at radius 1 is 1.43 bits per heavy atom. The van der Waals surface area contributed by atoms with Gasteiger partial charge in [-0.05, 0) is 33.3 Å². The monoisotopic (exact) mass is 315 g/mol. The lowest BCUT2D eigenvalue weighted by molar-refractivity contribution is -0.186. The smallest absolute Gasteiger partial charge is 0.186 e. The molecule has 1 atom stereocenters. The lowest BCUT2D eigenvalue weighted by Crippen LogP contribution is -2.38. The number of thioether (sulfide) groups is 1. The molecule has 0 aliphatic carbocycles. The van der Waals surface area contributed by atoms with Crippen LogP contribution in [0.3, 0.4) is 0 Å². The molecule has 1 fully saturated rings. The zero-order chi connectivity index (χ0) is 15.1. The SMILES string of the molecule is CNC1NCN(NCCSCc2ccc(CN(C)C)o2)O1. The summed E-state index contributed by atoms with van der Waals surface area (Å²) in [7, 11) is 5.93. The number of hydrazine groups is 1. The first-order valence-corrected chi connectivity index (χ1v) is 8.21. The molecule has 1 saturated heterocycles. The van der Waals surface area contributed by atoms with Gasteiger partial charge in [0, 0.05) is 12.3 Å². The van der Waals surface area contributed by atoms with Crippen molar-refractivity contribution in [3.63, 3.8) is 0 Å². The Balaban J connectivity index is 1.54. The molecule has 2 rings (SSSR count). The summed E-state index contributed by atoms with van der Waals surface area (Å²) in [6.07, 6.45) is -0.108. The van der Waals surface area contributed by atoms with Crippen LogP contribution in [0.5, 0.6) is 0 Å². The highest BCUT2D eigenvalue weighted by molar-refractivity contribution is 7.98. The second-order valence-electron chi connectivity index (χ2n) is 5.08. The van der Waals surface area contributed by atoms with Crippen LogP contribution in [0.2, 0.25) is 0 Å². The van der Waals surface area contributed by atoms with Crippen molar-refractivity contribution in [3.05, 3.63) is 23.7 Å². The number of nitrogens with one attached hydrogen (secondary N) is 3. The van der Waals surface area contributed by atoms with Gasteiger partial charge in [0.25, 0.3) is 0 Å². The Morgan fingerprint density at radius 3 is 2.95 bits per heavy atom. The van der Waals surface area contributed by atoms with Crippen molar-refractivity contribution in [1.82, 2.24) is 26.1 Å². The van der Waals surface area contributed by atoms with Crippen molar-refractivity contribution in [2.24, 2.45) is 0 Å². The van der Waals surface area contributed by atoms with Crippen LogP contribution in [0.4, 0.5) is 0 Å². The fourth-order valence-electron chi connectivity index (χ4n) is 1.93. The quantitative estimate of drug-likeness (QED) is 0.565. The van der Waals surface area contributed by atoms with E-state index in [1.54, 1.807) is 5.17 Å². The van der Waals surface area contributed by atoms with Crippen molar-refractivity contribution in [3.8, 4) is 0 Å². The lowest BCUT2D eigenvalue weighted by Gasteiger charge is -2.15. The average Bonchev–Trinajstić information content (AvgIpc) is 3.07. The number of rotatable bonds is 9. The third-order valence-electron chi connectivity index (χ3n) is 2.88. The number of nitrogens with zero attached hydrogens (tertiary/aromatic N) is 2. The largest absolute Gasteiger partial charge is 0.464 e. The molecule has 1 aromatic rings. The maximum Gasteiger partial charge on any atom is 0.186 e. The summed E-state index contributed by atoms with van der Waals surface area (Å²) >= 11 is 1.84. The molecule has 0 saturated carbocycles. The maximum atomic E-state index is 5.77. The minimum absolute atomic E-state index is 0.108. The maximum absolute atomic E-state index is 5.77. The minimum atomic E-state index is -0.108. The molecule has 0 bridgehead atoms. The molecular formula is C13H25N5O2S. The van der Waals surface area contributed by atoms with E-state index in [-0.39, 0.29) is 6.35 Å². The van der Waals surface area contributed by atoms with Crippen LogP contribution in [0.1, 0.15) is 11.5 Å². The Labute approximate surface area is 130 Å². The van der Waals surface area contributed by atoms with Gasteiger partial charge in [0.1, 0.15) is 11.5 Å². The highest BCUT2D eigenvalue weighted by Gasteiger charge is 2.20. The molecule has 120 valence electrons. The van der Waals surface area contributed by atoms with Gasteiger partial charge < -0.3 is 9.32 Å². The molecule has 0 spiro atoms. The molecule has 2 heterocycles. The van der Waals surface area contributed by atoms with E-state index >= 15 is 0 Å². The van der Waals surface area contributed by atoms with E-state index in [4.69, 9.17) is 9.25 Å². The Bertz CT molecular complexity index is 415. The summed E-state index contributed by atoms with van der Waals surface area (Å²) in [6, 6.07) is 4.11. The van der Waals surface area contributed by atoms with Gasteiger partial charge in [-0.2, -0.15) is 11.8 Å². The highest BCUT2D eigenvalue weighted by atomic mass is 32.2. The van der Waals surface area contributed by atoms with E-state index in [2.05, 4.69) is 33.1 Å². The highest BCUT2D eigenvalue weighted by Crippen LogP contribution is 2.16. The fourth-order valence-corrected chi connectivity index (χ4v) is 2.66. The van der Waals surface area contributed by atoms with Gasteiger partial charge in [-0.25, -0.2) is 10.3 Å². The van der Waals surface area contributed by atoms with Gasteiger partial charge in [0.15, 0.2) is 6.35 Å². The molecule has 1 unspecified atom stereocenters. The van der Waals surface area contributed by atoms with Gasteiger partial charge in [-0.3, -0.25) is 10.6 Å². The van der Waals surface area contributed by atoms with Crippen LogP contribution >= 0.6 is 11.8 Å². The number of hydrogen-bond donors (Lipinski definition) is 3. The average molecular weight is 315 g/mol. The van der Waals surface area contributed by atoms with Crippen molar-refractivity contribution in [1.29, 1.82) is 0 Å². The second kappa shape index (κ2) is 8.74. The molecule has 8 heteroatoms. The van der Waals surface area contributed by atoms with Crippen LogP contribution < -0.4 is 16.1 Å². The Morgan fingerprint density at radius 2 is 2.24 bits per heavy atom. The Kier molecular flexibility index (Phi) is 6.97. The first-order valence-electron chi connectivity index (χ1n) is 7.06. The summed E-state index contributed by atoms with van der Waals surface area (Å²) in [4.78, 5) is 7.58. The van der Waals surface area contributed by atoms with Crippen LogP contribution in [0, 0.1) is 0 Å². The summed E-state index contributed by atoms with van der Waals surface area (Å²) < 4.78 is 5.77. The third-order valence-corrected chi connectivity index (χ3v) is 3.86. The topological polar surface area (TPSA) is 64.9 Å². The van der Waals surface area contributed by atoms with Gasteiger partial charge >= 0.3 is 0 Å². The van der Waals surface area contributed by atoms with Crippen LogP contribution in [0.15, 0.2) is 16.5 Å². The van der Waals surface area contributed by atoms with E-state index in [0.717, 1.165) is 36.1 Å². The first-order chi connectivity index (χ1) is 10.2. The standard InChI is InChI=1S/C13H25N5O2S/c1-14-13-15-10-18(20-13)16-6-7-21-9-12-5-4-11(19-12)8-17(2)3/h4-5,13-16H,6-10H2,1-3H3. The van der Waals surface area contributed by atoms with E-state index < -0.39 is 0 Å². The molecular weight excluding hydrogens is 290 g/mol. The third kappa shape index (κ3) is 5.95. The Hall–Kier alpha value is -0.610. The number of furan rings is 1. The normalized spacial score (nSPS) is 19.7. The molecule has 7 nitrogen and oxygen atoms in total. The number of hydroxylamine groups is 1. The molecule has 3 N–H and O–H groups in total. The lowest BCUT2D eigenvalue weighted by atomic mass is 10.4. The van der Waals surface area contributed by atoms with Crippen LogP contribution in [-0.2, 0) is 17.1 Å². The molecule has 0 amide bonds. The predicted octanol–water partition coefficient (Wildman–Crippen LogP) is 0.376. The van der Waals surface area contributed by atoms with E-state index in [0.29, 0.717) is 6.67 Å². The molecule has 1 aromatic heterocycles. The first kappa shape index (κ1) is 16.8.